The number of oxime groups is 1. The van der Waals surface area contributed by atoms with Crippen LogP contribution in [0.5, 0.6) is 0 Å². The fourth-order valence-electron chi connectivity index (χ4n) is 5.19. The first-order valence-electron chi connectivity index (χ1n) is 12.7. The van der Waals surface area contributed by atoms with Crippen LogP contribution in [0.1, 0.15) is 71.2 Å². The lowest BCUT2D eigenvalue weighted by Gasteiger charge is -2.37. The SMILES string of the molecule is O=C(NC1CCCC1)C1=NOC2(CCN(C(=O)c3ccccc3COC(=O)c3ccccc3)CC2)C1. The quantitative estimate of drug-likeness (QED) is 0.622. The van der Waals surface area contributed by atoms with Gasteiger partial charge in [-0.1, -0.05) is 54.4 Å². The van der Waals surface area contributed by atoms with Gasteiger partial charge in [-0.2, -0.15) is 0 Å². The molecule has 2 aromatic carbocycles. The van der Waals surface area contributed by atoms with Gasteiger partial charge in [0.2, 0.25) is 0 Å². The molecule has 188 valence electrons. The molecular weight excluding hydrogens is 458 g/mol. The van der Waals surface area contributed by atoms with E-state index in [4.69, 9.17) is 9.57 Å². The van der Waals surface area contributed by atoms with Gasteiger partial charge in [-0.25, -0.2) is 4.79 Å². The lowest BCUT2D eigenvalue weighted by molar-refractivity contribution is -0.115. The molecule has 1 saturated heterocycles. The number of nitrogens with zero attached hydrogens (tertiary/aromatic N) is 2. The molecule has 1 aliphatic carbocycles. The molecular formula is C28H31N3O5. The van der Waals surface area contributed by atoms with Gasteiger partial charge >= 0.3 is 5.97 Å². The largest absolute Gasteiger partial charge is 0.457 e. The average molecular weight is 490 g/mol. The first-order valence-corrected chi connectivity index (χ1v) is 12.7. The van der Waals surface area contributed by atoms with E-state index in [2.05, 4.69) is 10.5 Å². The maximum absolute atomic E-state index is 13.4. The molecule has 3 aliphatic rings. The van der Waals surface area contributed by atoms with Crippen LogP contribution in [0.3, 0.4) is 0 Å². The van der Waals surface area contributed by atoms with Gasteiger partial charge in [0.05, 0.1) is 5.56 Å². The Morgan fingerprint density at radius 3 is 2.44 bits per heavy atom. The zero-order valence-corrected chi connectivity index (χ0v) is 20.3. The Balaban J connectivity index is 1.16. The highest BCUT2D eigenvalue weighted by Crippen LogP contribution is 2.35. The van der Waals surface area contributed by atoms with Gasteiger partial charge in [-0.05, 0) is 31.0 Å². The first kappa shape index (κ1) is 24.0. The van der Waals surface area contributed by atoms with Gasteiger partial charge in [-0.15, -0.1) is 0 Å². The zero-order valence-electron chi connectivity index (χ0n) is 20.3. The number of likely N-dealkylation sites (tertiary alicyclic amines) is 1. The Kier molecular flexibility index (Phi) is 7.02. The third-order valence-corrected chi connectivity index (χ3v) is 7.37. The number of hydrogen-bond donors (Lipinski definition) is 1. The summed E-state index contributed by atoms with van der Waals surface area (Å²) in [6, 6.07) is 16.2. The van der Waals surface area contributed by atoms with Crippen LogP contribution in [0.25, 0.3) is 0 Å². The minimum Gasteiger partial charge on any atom is -0.457 e. The van der Waals surface area contributed by atoms with E-state index in [-0.39, 0.29) is 24.5 Å². The Bertz CT molecular complexity index is 1150. The predicted molar refractivity (Wildman–Crippen MR) is 133 cm³/mol. The van der Waals surface area contributed by atoms with Crippen molar-refractivity contribution in [2.75, 3.05) is 13.1 Å². The number of carbonyl (C=O) groups is 3. The highest BCUT2D eigenvalue weighted by Gasteiger charge is 2.45. The molecule has 0 unspecified atom stereocenters. The molecule has 5 rings (SSSR count). The fourth-order valence-corrected chi connectivity index (χ4v) is 5.19. The van der Waals surface area contributed by atoms with Gasteiger partial charge in [0.15, 0.2) is 0 Å². The normalized spacial score (nSPS) is 19.0. The lowest BCUT2D eigenvalue weighted by atomic mass is 9.86. The van der Waals surface area contributed by atoms with E-state index in [1.165, 1.54) is 0 Å². The summed E-state index contributed by atoms with van der Waals surface area (Å²) in [6.45, 7) is 1.03. The molecule has 8 nitrogen and oxygen atoms in total. The van der Waals surface area contributed by atoms with E-state index in [9.17, 15) is 14.4 Å². The first-order chi connectivity index (χ1) is 17.5. The maximum atomic E-state index is 13.4. The lowest BCUT2D eigenvalue weighted by Crippen LogP contribution is -2.47. The number of benzene rings is 2. The summed E-state index contributed by atoms with van der Waals surface area (Å²) in [4.78, 5) is 45.9. The maximum Gasteiger partial charge on any atom is 0.338 e. The second-order valence-corrected chi connectivity index (χ2v) is 9.84. The van der Waals surface area contributed by atoms with Crippen molar-refractivity contribution in [1.29, 1.82) is 0 Å². The molecule has 2 fully saturated rings. The van der Waals surface area contributed by atoms with Crippen LogP contribution >= 0.6 is 0 Å². The van der Waals surface area contributed by atoms with E-state index < -0.39 is 11.6 Å². The van der Waals surface area contributed by atoms with Gasteiger partial charge in [0, 0.05) is 49.5 Å². The Morgan fingerprint density at radius 1 is 1.00 bits per heavy atom. The fraction of sp³-hybridized carbons (Fsp3) is 0.429. The molecule has 0 atom stereocenters. The minimum absolute atomic E-state index is 0.0177. The predicted octanol–water partition coefficient (Wildman–Crippen LogP) is 3.85. The number of esters is 1. The third kappa shape index (κ3) is 5.27. The summed E-state index contributed by atoms with van der Waals surface area (Å²) in [5.41, 5.74) is 1.59. The number of piperidine rings is 1. The molecule has 1 spiro atoms. The van der Waals surface area contributed by atoms with E-state index in [0.717, 1.165) is 25.7 Å². The second kappa shape index (κ2) is 10.5. The number of carbonyl (C=O) groups excluding carboxylic acids is 3. The Morgan fingerprint density at radius 2 is 1.69 bits per heavy atom. The van der Waals surface area contributed by atoms with Crippen molar-refractivity contribution in [1.82, 2.24) is 10.2 Å². The number of ether oxygens (including phenoxy) is 1. The van der Waals surface area contributed by atoms with E-state index >= 15 is 0 Å². The van der Waals surface area contributed by atoms with Crippen molar-refractivity contribution >= 4 is 23.5 Å². The summed E-state index contributed by atoms with van der Waals surface area (Å²) in [6.07, 6.45) is 6.03. The average Bonchev–Trinajstić information content (AvgIpc) is 3.58. The van der Waals surface area contributed by atoms with Crippen LogP contribution < -0.4 is 5.32 Å². The minimum atomic E-state index is -0.524. The molecule has 1 saturated carbocycles. The number of amides is 2. The van der Waals surface area contributed by atoms with E-state index in [1.807, 2.05) is 18.2 Å². The van der Waals surface area contributed by atoms with Gasteiger partial charge < -0.3 is 19.8 Å². The summed E-state index contributed by atoms with van der Waals surface area (Å²) >= 11 is 0. The number of rotatable bonds is 6. The Labute approximate surface area is 210 Å². The molecule has 0 radical (unpaired) electrons. The van der Waals surface area contributed by atoms with Crippen LogP contribution in [0.4, 0.5) is 0 Å². The third-order valence-electron chi connectivity index (χ3n) is 7.37. The van der Waals surface area contributed by atoms with Crippen molar-refractivity contribution < 1.29 is 24.0 Å². The number of nitrogens with one attached hydrogen (secondary N) is 1. The molecule has 2 amide bonds. The van der Waals surface area contributed by atoms with Gasteiger partial charge in [0.1, 0.15) is 17.9 Å². The molecule has 8 heteroatoms. The molecule has 0 bridgehead atoms. The van der Waals surface area contributed by atoms with Gasteiger partial charge in [-0.3, -0.25) is 9.59 Å². The molecule has 0 aromatic heterocycles. The van der Waals surface area contributed by atoms with Gasteiger partial charge in [0.25, 0.3) is 11.8 Å². The molecule has 2 aliphatic heterocycles. The van der Waals surface area contributed by atoms with E-state index in [0.29, 0.717) is 54.8 Å². The van der Waals surface area contributed by atoms with Crippen LogP contribution in [0.2, 0.25) is 0 Å². The van der Waals surface area contributed by atoms with E-state index in [1.54, 1.807) is 41.3 Å². The summed E-state index contributed by atoms with van der Waals surface area (Å²) in [7, 11) is 0. The summed E-state index contributed by atoms with van der Waals surface area (Å²) in [5, 5.41) is 7.19. The van der Waals surface area contributed by atoms with Crippen LogP contribution in [0, 0.1) is 0 Å². The summed E-state index contributed by atoms with van der Waals surface area (Å²) < 4.78 is 5.47. The summed E-state index contributed by atoms with van der Waals surface area (Å²) in [5.74, 6) is -0.658. The molecule has 1 N–H and O–H groups in total. The van der Waals surface area contributed by atoms with Crippen molar-refractivity contribution in [2.45, 2.75) is 63.2 Å². The number of hydrogen-bond acceptors (Lipinski definition) is 6. The van der Waals surface area contributed by atoms with Crippen molar-refractivity contribution in [3.8, 4) is 0 Å². The van der Waals surface area contributed by atoms with Crippen LogP contribution in [-0.2, 0) is 21.0 Å². The van der Waals surface area contributed by atoms with Crippen molar-refractivity contribution in [3.05, 3.63) is 71.3 Å². The van der Waals surface area contributed by atoms with Crippen LogP contribution in [-0.4, -0.2) is 53.1 Å². The topological polar surface area (TPSA) is 97.3 Å². The zero-order chi connectivity index (χ0) is 25.0. The highest BCUT2D eigenvalue weighted by molar-refractivity contribution is 6.39. The highest BCUT2D eigenvalue weighted by atomic mass is 16.7. The standard InChI is InChI=1S/C28H31N3O5/c32-25(29-22-11-5-6-12-22)24-18-28(36-30-24)14-16-31(17-15-28)26(33)23-13-7-4-10-21(23)19-35-27(34)20-8-2-1-3-9-20/h1-4,7-10,13,22H,5-6,11-12,14-19H2,(H,29,32). The smallest absolute Gasteiger partial charge is 0.338 e. The van der Waals surface area contributed by atoms with Crippen LogP contribution in [0.15, 0.2) is 59.8 Å². The Hall–Kier alpha value is -3.68. The monoisotopic (exact) mass is 489 g/mol. The van der Waals surface area contributed by atoms with Crippen molar-refractivity contribution in [2.24, 2.45) is 5.16 Å². The molecule has 2 aromatic rings. The molecule has 2 heterocycles. The van der Waals surface area contributed by atoms with Crippen molar-refractivity contribution in [3.63, 3.8) is 0 Å². The molecule has 36 heavy (non-hydrogen) atoms. The second-order valence-electron chi connectivity index (χ2n) is 9.84.